The number of halogens is 3. The highest BCUT2D eigenvalue weighted by Gasteiger charge is 2.39. The first kappa shape index (κ1) is 27.4. The molecule has 2 saturated heterocycles. The molecule has 2 aliphatic rings. The number of hydrogen-bond donors (Lipinski definition) is 2. The maximum Gasteiger partial charge on any atom is 0.390 e. The number of fused-ring (bicyclic) bond motifs is 1. The minimum Gasteiger partial charge on any atom is -0.457 e. The van der Waals surface area contributed by atoms with Crippen LogP contribution in [0.4, 0.5) is 13.2 Å². The lowest BCUT2D eigenvalue weighted by atomic mass is 9.94. The number of aliphatic hydroxyl groups is 1. The highest BCUT2D eigenvalue weighted by atomic mass is 19.4. The minimum absolute atomic E-state index is 0. The Morgan fingerprint density at radius 2 is 1.81 bits per heavy atom. The summed E-state index contributed by atoms with van der Waals surface area (Å²) in [5, 5.41) is 13.0. The Morgan fingerprint density at radius 1 is 1.08 bits per heavy atom. The summed E-state index contributed by atoms with van der Waals surface area (Å²) in [6.07, 6.45) is -5.61. The van der Waals surface area contributed by atoms with Gasteiger partial charge in [-0.3, -0.25) is 9.69 Å². The number of nitrogens with zero attached hydrogens (tertiary/aromatic N) is 1. The van der Waals surface area contributed by atoms with Crippen LogP contribution in [-0.2, 0) is 20.8 Å². The second-order valence-corrected chi connectivity index (χ2v) is 9.53. The molecule has 2 aromatic carbocycles. The van der Waals surface area contributed by atoms with Gasteiger partial charge in [-0.1, -0.05) is 30.3 Å². The van der Waals surface area contributed by atoms with Crippen molar-refractivity contribution in [2.75, 3.05) is 26.3 Å². The molecule has 0 radical (unpaired) electrons. The largest absolute Gasteiger partial charge is 0.457 e. The highest BCUT2D eigenvalue weighted by molar-refractivity contribution is 5.76. The third-order valence-electron chi connectivity index (χ3n) is 6.57. The van der Waals surface area contributed by atoms with E-state index < -0.39 is 24.8 Å². The smallest absolute Gasteiger partial charge is 0.390 e. The number of nitrogens with one attached hydrogen (secondary N) is 1. The van der Waals surface area contributed by atoms with Crippen molar-refractivity contribution in [3.8, 4) is 11.5 Å². The van der Waals surface area contributed by atoms with E-state index in [4.69, 9.17) is 14.2 Å². The lowest BCUT2D eigenvalue weighted by Gasteiger charge is -2.44. The van der Waals surface area contributed by atoms with E-state index in [-0.39, 0.29) is 53.6 Å². The summed E-state index contributed by atoms with van der Waals surface area (Å²) in [4.78, 5) is 14.2. The zero-order valence-electron chi connectivity index (χ0n) is 20.5. The Morgan fingerprint density at radius 3 is 2.54 bits per heavy atom. The van der Waals surface area contributed by atoms with E-state index in [1.807, 2.05) is 54.6 Å². The van der Waals surface area contributed by atoms with Crippen LogP contribution in [-0.4, -0.2) is 72.7 Å². The Hall–Kier alpha value is -2.66. The van der Waals surface area contributed by atoms with E-state index in [0.29, 0.717) is 25.1 Å². The molecule has 2 aromatic rings. The van der Waals surface area contributed by atoms with Gasteiger partial charge in [0.2, 0.25) is 5.91 Å². The molecule has 4 atom stereocenters. The highest BCUT2D eigenvalue weighted by Crippen LogP contribution is 2.29. The van der Waals surface area contributed by atoms with Crippen molar-refractivity contribution in [1.29, 1.82) is 0 Å². The number of hydrogen-bond acceptors (Lipinski definition) is 6. The van der Waals surface area contributed by atoms with Gasteiger partial charge < -0.3 is 24.6 Å². The molecule has 0 aromatic heterocycles. The molecule has 0 spiro atoms. The molecule has 2 heterocycles. The van der Waals surface area contributed by atoms with Crippen LogP contribution < -0.4 is 10.1 Å². The molecule has 4 rings (SSSR count). The predicted molar refractivity (Wildman–Crippen MR) is 134 cm³/mol. The van der Waals surface area contributed by atoms with E-state index in [1.165, 1.54) is 0 Å². The average molecular weight is 527 g/mol. The maximum atomic E-state index is 12.8. The SMILES string of the molecule is O=C(C[C@@H]1CC[C@@H]2[C@H](COC[C@H](O)CN2CCC(F)(F)F)O1)NCc1ccc(Oc2ccccc2)cc1.[HH].[HH]. The van der Waals surface area contributed by atoms with Crippen LogP contribution in [0.15, 0.2) is 54.6 Å². The maximum absolute atomic E-state index is 12.8. The van der Waals surface area contributed by atoms with Crippen molar-refractivity contribution >= 4 is 5.91 Å². The van der Waals surface area contributed by atoms with Crippen LogP contribution >= 0.6 is 0 Å². The number of amides is 1. The number of carbonyl (C=O) groups is 1. The van der Waals surface area contributed by atoms with Crippen molar-refractivity contribution in [3.05, 3.63) is 60.2 Å². The molecule has 37 heavy (non-hydrogen) atoms. The van der Waals surface area contributed by atoms with E-state index in [2.05, 4.69) is 5.32 Å². The van der Waals surface area contributed by atoms with Crippen LogP contribution in [0.1, 0.15) is 34.1 Å². The molecular formula is C27H37F3N2O5. The van der Waals surface area contributed by atoms with Gasteiger partial charge in [-0.25, -0.2) is 0 Å². The fourth-order valence-electron chi connectivity index (χ4n) is 4.75. The van der Waals surface area contributed by atoms with Gasteiger partial charge in [-0.2, -0.15) is 13.2 Å². The summed E-state index contributed by atoms with van der Waals surface area (Å²) in [7, 11) is 0. The van der Waals surface area contributed by atoms with Gasteiger partial charge in [-0.05, 0) is 42.7 Å². The number of aliphatic hydroxyl groups excluding tert-OH is 1. The first-order valence-corrected chi connectivity index (χ1v) is 12.6. The summed E-state index contributed by atoms with van der Waals surface area (Å²) < 4.78 is 55.9. The van der Waals surface area contributed by atoms with Crippen molar-refractivity contribution in [2.24, 2.45) is 0 Å². The molecule has 0 saturated carbocycles. The van der Waals surface area contributed by atoms with E-state index in [9.17, 15) is 23.1 Å². The minimum atomic E-state index is -4.27. The number of carbonyl (C=O) groups excluding carboxylic acids is 1. The van der Waals surface area contributed by atoms with Crippen LogP contribution in [0.3, 0.4) is 0 Å². The molecule has 2 N–H and O–H groups in total. The standard InChI is InChI=1S/C27H33F3N2O5.2H2/c28-27(29,30)12-13-32-16-20(33)17-35-18-25-24(32)11-10-23(37-25)14-26(34)31-15-19-6-8-22(9-7-19)36-21-4-2-1-3-5-21;;/h1-9,20,23-25,33H,10-18H2,(H,31,34);2*1H/t20-,23+,24-,25+;;/m1../s1. The third kappa shape index (κ3) is 8.70. The predicted octanol–water partition coefficient (Wildman–Crippen LogP) is 4.54. The second-order valence-electron chi connectivity index (χ2n) is 9.53. The zero-order valence-corrected chi connectivity index (χ0v) is 20.5. The molecular weight excluding hydrogens is 489 g/mol. The molecule has 0 bridgehead atoms. The normalized spacial score (nSPS) is 25.0. The number of rotatable bonds is 8. The fraction of sp³-hybridized carbons (Fsp3) is 0.519. The number of alkyl halides is 3. The third-order valence-corrected chi connectivity index (χ3v) is 6.57. The summed E-state index contributed by atoms with van der Waals surface area (Å²) >= 11 is 0. The van der Waals surface area contributed by atoms with Crippen molar-refractivity contribution in [2.45, 2.75) is 62.8 Å². The number of benzene rings is 2. The van der Waals surface area contributed by atoms with Crippen molar-refractivity contribution < 1.29 is 40.1 Å². The Bertz CT molecular complexity index is 1000. The molecule has 10 heteroatoms. The fourth-order valence-corrected chi connectivity index (χ4v) is 4.75. The number of ether oxygens (including phenoxy) is 3. The molecule has 1 amide bonds. The Kier molecular flexibility index (Phi) is 9.42. The van der Waals surface area contributed by atoms with Gasteiger partial charge >= 0.3 is 6.18 Å². The topological polar surface area (TPSA) is 80.3 Å². The van der Waals surface area contributed by atoms with Crippen LogP contribution in [0, 0.1) is 0 Å². The summed E-state index contributed by atoms with van der Waals surface area (Å²) in [5.41, 5.74) is 0.922. The number of para-hydroxylation sites is 1. The molecule has 206 valence electrons. The zero-order chi connectivity index (χ0) is 26.3. The van der Waals surface area contributed by atoms with E-state index >= 15 is 0 Å². The molecule has 2 aliphatic heterocycles. The van der Waals surface area contributed by atoms with Gasteiger partial charge in [-0.15, -0.1) is 0 Å². The molecule has 0 unspecified atom stereocenters. The molecule has 7 nitrogen and oxygen atoms in total. The summed E-state index contributed by atoms with van der Waals surface area (Å²) in [5.74, 6) is 1.28. The van der Waals surface area contributed by atoms with Gasteiger partial charge in [0.05, 0.1) is 44.4 Å². The summed E-state index contributed by atoms with van der Waals surface area (Å²) in [6, 6.07) is 16.6. The van der Waals surface area contributed by atoms with Crippen molar-refractivity contribution in [3.63, 3.8) is 0 Å². The monoisotopic (exact) mass is 526 g/mol. The Balaban J connectivity index is 0.00000267. The molecule has 0 aliphatic carbocycles. The summed E-state index contributed by atoms with van der Waals surface area (Å²) in [6.45, 7) is 0.455. The van der Waals surface area contributed by atoms with Crippen LogP contribution in [0.5, 0.6) is 11.5 Å². The molecule has 2 fully saturated rings. The van der Waals surface area contributed by atoms with Gasteiger partial charge in [0.15, 0.2) is 0 Å². The van der Waals surface area contributed by atoms with Gasteiger partial charge in [0, 0.05) is 28.5 Å². The van der Waals surface area contributed by atoms with E-state index in [1.54, 1.807) is 4.90 Å². The van der Waals surface area contributed by atoms with Crippen LogP contribution in [0.25, 0.3) is 0 Å². The first-order chi connectivity index (χ1) is 17.7. The average Bonchev–Trinajstić information content (AvgIpc) is 2.85. The quantitative estimate of drug-likeness (QED) is 0.526. The lowest BCUT2D eigenvalue weighted by molar-refractivity contribution is -0.169. The second kappa shape index (κ2) is 12.7. The van der Waals surface area contributed by atoms with Crippen LogP contribution in [0.2, 0.25) is 0 Å². The first-order valence-electron chi connectivity index (χ1n) is 12.6. The lowest BCUT2D eigenvalue weighted by Crippen LogP contribution is -2.56. The van der Waals surface area contributed by atoms with Gasteiger partial charge in [0.25, 0.3) is 0 Å². The number of β-amino-alcohol motifs (C(OH)–C–C–N with tert-alkyl or cyclic N) is 1. The van der Waals surface area contributed by atoms with Gasteiger partial charge in [0.1, 0.15) is 11.5 Å². The van der Waals surface area contributed by atoms with Crippen molar-refractivity contribution in [1.82, 2.24) is 10.2 Å². The Labute approximate surface area is 217 Å². The van der Waals surface area contributed by atoms with E-state index in [0.717, 1.165) is 11.3 Å².